The average molecular weight is 148 g/mol. The van der Waals surface area contributed by atoms with Crippen LogP contribution in [-0.4, -0.2) is 26.9 Å². The van der Waals surface area contributed by atoms with Crippen LogP contribution < -0.4 is 6.15 Å². The molecule has 9 heavy (non-hydrogen) atoms. The van der Waals surface area contributed by atoms with E-state index in [-0.39, 0.29) is 12.8 Å². The molecule has 4 N–H and O–H groups in total. The topological polar surface area (TPSA) is 55.2 Å². The number of hydrogen-bond donors (Lipinski definition) is 2. The standard InChI is InChI=1S/C2H6O.2C2H5.Al.H3N/c1-2-3;2*1-2;;/h3H,2H2,1H3;2*1H2,2H3;;1H3. The maximum atomic E-state index is 7.57. The van der Waals surface area contributed by atoms with E-state index in [2.05, 4.69) is 13.8 Å². The minimum atomic E-state index is 0. The monoisotopic (exact) mass is 148 g/mol. The fourth-order valence-electron chi connectivity index (χ4n) is 0.289. The number of aliphatic hydroxyl groups excluding tert-OH is 1. The maximum absolute atomic E-state index is 7.57. The van der Waals surface area contributed by atoms with E-state index >= 15 is 0 Å². The molecular weight excluding hydrogens is 129 g/mol. The first kappa shape index (κ1) is 16.2. The van der Waals surface area contributed by atoms with Crippen LogP contribution in [-0.2, 0) is 0 Å². The predicted molar refractivity (Wildman–Crippen MR) is 44.5 cm³/mol. The molecule has 0 aliphatic rings. The van der Waals surface area contributed by atoms with Gasteiger partial charge in [0.05, 0.1) is 0 Å². The first-order chi connectivity index (χ1) is 3.83. The first-order valence-electron chi connectivity index (χ1n) is 3.25. The van der Waals surface area contributed by atoms with Crippen molar-refractivity contribution in [2.45, 2.75) is 31.3 Å². The minimum Gasteiger partial charge on any atom is -0.397 e. The Hall–Kier alpha value is 0.452. The highest BCUT2D eigenvalue weighted by Gasteiger charge is 1.74. The Kier molecular flexibility index (Phi) is 42.7. The van der Waals surface area contributed by atoms with Crippen LogP contribution in [0.15, 0.2) is 0 Å². The molecule has 0 aromatic rings. The molecule has 2 nitrogen and oxygen atoms in total. The summed E-state index contributed by atoms with van der Waals surface area (Å²) in [4.78, 5) is 0. The van der Waals surface area contributed by atoms with Gasteiger partial charge in [0.15, 0.2) is 15.2 Å². The summed E-state index contributed by atoms with van der Waals surface area (Å²) >= 11 is 0.815. The fraction of sp³-hybridized carbons (Fsp3) is 1.00. The van der Waals surface area contributed by atoms with Crippen LogP contribution in [0.5, 0.6) is 0 Å². The largest absolute Gasteiger partial charge is 0.397 e. The molecule has 0 aromatic heterocycles. The summed E-state index contributed by atoms with van der Waals surface area (Å²) in [6.07, 6.45) is 0. The zero-order chi connectivity index (χ0) is 6.83. The average Bonchev–Trinajstić information content (AvgIpc) is 1.71. The van der Waals surface area contributed by atoms with Gasteiger partial charge in [0.25, 0.3) is 0 Å². The minimum absolute atomic E-state index is 0. The summed E-state index contributed by atoms with van der Waals surface area (Å²) in [5.74, 6) is 0. The predicted octanol–water partition coefficient (Wildman–Crippen LogP) is 1.73. The Bertz CT molecular complexity index is 27.0. The Morgan fingerprint density at radius 2 is 1.33 bits per heavy atom. The summed E-state index contributed by atoms with van der Waals surface area (Å²) in [6, 6.07) is 0. The van der Waals surface area contributed by atoms with Gasteiger partial charge in [0.1, 0.15) is 0 Å². The van der Waals surface area contributed by atoms with Gasteiger partial charge in [-0.05, 0) is 6.92 Å². The molecule has 0 atom stereocenters. The first-order valence-corrected chi connectivity index (χ1v) is 4.89. The number of hydrogen-bond acceptors (Lipinski definition) is 2. The third-order valence-corrected chi connectivity index (χ3v) is 1.73. The van der Waals surface area contributed by atoms with Crippen molar-refractivity contribution in [3.63, 3.8) is 0 Å². The molecule has 0 aromatic carbocycles. The van der Waals surface area contributed by atoms with Gasteiger partial charge in [-0.1, -0.05) is 13.8 Å². The van der Waals surface area contributed by atoms with Gasteiger partial charge in [-0.25, -0.2) is 0 Å². The molecule has 0 aliphatic heterocycles. The van der Waals surface area contributed by atoms with Gasteiger partial charge in [-0.15, -0.1) is 10.6 Å². The second-order valence-electron chi connectivity index (χ2n) is 1.42. The lowest BCUT2D eigenvalue weighted by Crippen LogP contribution is -1.76. The summed E-state index contributed by atoms with van der Waals surface area (Å²) < 4.78 is 0. The highest BCUT2D eigenvalue weighted by atomic mass is 27.1. The van der Waals surface area contributed by atoms with Gasteiger partial charge in [-0.2, -0.15) is 0 Å². The van der Waals surface area contributed by atoms with Crippen LogP contribution in [0.25, 0.3) is 0 Å². The van der Waals surface area contributed by atoms with E-state index in [4.69, 9.17) is 5.11 Å². The summed E-state index contributed by atoms with van der Waals surface area (Å²) in [5, 5.41) is 10.4. The molecule has 1 radical (unpaired) electrons. The molecule has 57 valence electrons. The van der Waals surface area contributed by atoms with Crippen LogP contribution in [0, 0.1) is 0 Å². The Morgan fingerprint density at radius 3 is 1.33 bits per heavy atom. The third-order valence-electron chi connectivity index (χ3n) is 0.577. The Labute approximate surface area is 65.0 Å². The van der Waals surface area contributed by atoms with Crippen molar-refractivity contribution < 1.29 is 5.11 Å². The van der Waals surface area contributed by atoms with Gasteiger partial charge in [0, 0.05) is 6.61 Å². The van der Waals surface area contributed by atoms with Crippen LogP contribution in [0.1, 0.15) is 20.8 Å². The zero-order valence-corrected chi connectivity index (χ0v) is 8.01. The Balaban J connectivity index is -0.0000000800. The molecule has 3 heteroatoms. The molecule has 0 heterocycles. The molecule has 0 saturated carbocycles. The smallest absolute Gasteiger partial charge is 0.198 e. The molecule has 0 rings (SSSR count). The summed E-state index contributed by atoms with van der Waals surface area (Å²) in [6.45, 7) is 6.43. The van der Waals surface area contributed by atoms with E-state index in [0.717, 1.165) is 15.2 Å². The van der Waals surface area contributed by atoms with E-state index in [1.165, 1.54) is 10.6 Å². The second kappa shape index (κ2) is 23.7. The number of rotatable bonds is 2. The SMILES string of the molecule is CCO.C[CH2][Al][CH2]C.N. The van der Waals surface area contributed by atoms with Crippen molar-refractivity contribution in [3.05, 3.63) is 0 Å². The van der Waals surface area contributed by atoms with Crippen molar-refractivity contribution in [2.75, 3.05) is 6.61 Å². The second-order valence-corrected chi connectivity index (χ2v) is 3.63. The van der Waals surface area contributed by atoms with Crippen LogP contribution in [0.3, 0.4) is 0 Å². The molecule has 0 aliphatic carbocycles. The molecular formula is C6H19AlNO. The lowest BCUT2D eigenvalue weighted by Gasteiger charge is -1.74. The van der Waals surface area contributed by atoms with E-state index in [9.17, 15) is 0 Å². The van der Waals surface area contributed by atoms with Gasteiger partial charge < -0.3 is 11.3 Å². The molecule has 0 bridgehead atoms. The van der Waals surface area contributed by atoms with Gasteiger partial charge in [0.2, 0.25) is 0 Å². The van der Waals surface area contributed by atoms with Crippen LogP contribution in [0.2, 0.25) is 10.6 Å². The molecule has 0 fully saturated rings. The summed E-state index contributed by atoms with van der Waals surface area (Å²) in [5.41, 5.74) is 0. The van der Waals surface area contributed by atoms with Crippen LogP contribution >= 0.6 is 0 Å². The lowest BCUT2D eigenvalue weighted by atomic mass is 10.9. The van der Waals surface area contributed by atoms with Crippen molar-refractivity contribution in [1.29, 1.82) is 0 Å². The quantitative estimate of drug-likeness (QED) is 0.586. The molecule has 0 unspecified atom stereocenters. The van der Waals surface area contributed by atoms with Crippen LogP contribution in [0.4, 0.5) is 0 Å². The molecule has 0 spiro atoms. The molecule has 0 saturated heterocycles. The normalized spacial score (nSPS) is 6.22. The number of aliphatic hydroxyl groups is 1. The lowest BCUT2D eigenvalue weighted by molar-refractivity contribution is 0.318. The molecule has 0 amide bonds. The third kappa shape index (κ3) is 58.5. The van der Waals surface area contributed by atoms with Gasteiger partial charge in [-0.3, -0.25) is 0 Å². The van der Waals surface area contributed by atoms with Crippen molar-refractivity contribution >= 4 is 15.2 Å². The maximum Gasteiger partial charge on any atom is 0.198 e. The highest BCUT2D eigenvalue weighted by molar-refractivity contribution is 6.34. The zero-order valence-electron chi connectivity index (χ0n) is 6.85. The van der Waals surface area contributed by atoms with Crippen molar-refractivity contribution in [2.24, 2.45) is 0 Å². The van der Waals surface area contributed by atoms with Gasteiger partial charge >= 0.3 is 0 Å². The Morgan fingerprint density at radius 1 is 1.11 bits per heavy atom. The van der Waals surface area contributed by atoms with E-state index in [1.54, 1.807) is 6.92 Å². The van der Waals surface area contributed by atoms with E-state index in [1.807, 2.05) is 0 Å². The summed E-state index contributed by atoms with van der Waals surface area (Å²) in [7, 11) is 0. The van der Waals surface area contributed by atoms with E-state index < -0.39 is 0 Å². The van der Waals surface area contributed by atoms with E-state index in [0.29, 0.717) is 0 Å². The fourth-order valence-corrected chi connectivity index (χ4v) is 0.866. The van der Waals surface area contributed by atoms with Crippen molar-refractivity contribution in [3.8, 4) is 0 Å². The van der Waals surface area contributed by atoms with Crippen molar-refractivity contribution in [1.82, 2.24) is 6.15 Å². The highest BCUT2D eigenvalue weighted by Crippen LogP contribution is 1.77.